The third-order valence-corrected chi connectivity index (χ3v) is 4.62. The molecule has 0 spiro atoms. The van der Waals surface area contributed by atoms with Crippen molar-refractivity contribution in [2.24, 2.45) is 12.5 Å². The Balaban J connectivity index is 2.14. The molecule has 0 aliphatic rings. The lowest BCUT2D eigenvalue weighted by Crippen LogP contribution is -2.27. The van der Waals surface area contributed by atoms with Crippen molar-refractivity contribution in [1.82, 2.24) is 14.1 Å². The maximum Gasteiger partial charge on any atom is 0.330 e. The number of aromatic nitrogens is 3. The molecule has 0 radical (unpaired) electrons. The number of hydrogen-bond acceptors (Lipinski definition) is 3. The fraction of sp³-hybridized carbons (Fsp3) is 0.429. The first-order chi connectivity index (χ1) is 12.1. The van der Waals surface area contributed by atoms with Crippen molar-refractivity contribution < 1.29 is 5.11 Å². The Kier molecular flexibility index (Phi) is 4.53. The zero-order chi connectivity index (χ0) is 19.2. The van der Waals surface area contributed by atoms with Crippen LogP contribution in [0.3, 0.4) is 0 Å². The van der Waals surface area contributed by atoms with E-state index in [9.17, 15) is 9.90 Å². The van der Waals surface area contributed by atoms with Crippen molar-refractivity contribution in [3.63, 3.8) is 0 Å². The van der Waals surface area contributed by atoms with Gasteiger partial charge in [0.15, 0.2) is 5.65 Å². The predicted octanol–water partition coefficient (Wildman–Crippen LogP) is 3.81. The molecule has 1 N–H and O–H groups in total. The Hall–Kier alpha value is -2.40. The fourth-order valence-electron chi connectivity index (χ4n) is 3.28. The van der Waals surface area contributed by atoms with Crippen molar-refractivity contribution in [1.29, 1.82) is 0 Å². The summed E-state index contributed by atoms with van der Waals surface area (Å²) in [6.07, 6.45) is -0.495. The molecule has 0 aliphatic heterocycles. The number of aliphatic hydroxyl groups is 1. The maximum atomic E-state index is 12.7. The Morgan fingerprint density at radius 1 is 1.19 bits per heavy atom. The third kappa shape index (κ3) is 3.31. The molecule has 3 rings (SSSR count). The maximum absolute atomic E-state index is 12.7. The number of hydrogen-bond donors (Lipinski definition) is 1. The van der Waals surface area contributed by atoms with E-state index in [-0.39, 0.29) is 11.1 Å². The summed E-state index contributed by atoms with van der Waals surface area (Å²) < 4.78 is 3.42. The Labute approximate surface area is 153 Å². The molecular weight excluding hydrogens is 326 g/mol. The minimum absolute atomic E-state index is 0.00416. The Morgan fingerprint density at radius 2 is 1.88 bits per heavy atom. The smallest absolute Gasteiger partial charge is 0.330 e. The van der Waals surface area contributed by atoms with Crippen molar-refractivity contribution >= 4 is 11.2 Å². The summed E-state index contributed by atoms with van der Waals surface area (Å²) in [7, 11) is 1.77. The van der Waals surface area contributed by atoms with E-state index < -0.39 is 6.10 Å². The van der Waals surface area contributed by atoms with Crippen molar-refractivity contribution in [3.05, 3.63) is 51.9 Å². The number of aryl methyl sites for hydroxylation is 2. The number of benzene rings is 1. The number of nitrogens with zero attached hydrogens (tertiary/aromatic N) is 3. The number of rotatable bonds is 3. The van der Waals surface area contributed by atoms with Crippen LogP contribution in [0.4, 0.5) is 0 Å². The van der Waals surface area contributed by atoms with Crippen LogP contribution in [0, 0.1) is 12.3 Å². The number of fused-ring (bicyclic) bond motifs is 1. The van der Waals surface area contributed by atoms with Crippen LogP contribution in [0.15, 0.2) is 35.1 Å². The topological polar surface area (TPSA) is 60.1 Å². The average Bonchev–Trinajstić information content (AvgIpc) is 2.78. The number of pyridine rings is 1. The predicted molar refractivity (Wildman–Crippen MR) is 105 cm³/mol. The van der Waals surface area contributed by atoms with E-state index in [1.165, 1.54) is 0 Å². The summed E-state index contributed by atoms with van der Waals surface area (Å²) in [6, 6.07) is 9.83. The van der Waals surface area contributed by atoms with Crippen LogP contribution in [-0.2, 0) is 13.6 Å². The fourth-order valence-corrected chi connectivity index (χ4v) is 3.28. The van der Waals surface area contributed by atoms with Gasteiger partial charge in [0.1, 0.15) is 0 Å². The molecule has 0 bridgehead atoms. The summed E-state index contributed by atoms with van der Waals surface area (Å²) in [5.74, 6) is 0. The lowest BCUT2D eigenvalue weighted by atomic mass is 9.97. The van der Waals surface area contributed by atoms with Crippen molar-refractivity contribution in [2.45, 2.75) is 47.3 Å². The van der Waals surface area contributed by atoms with Gasteiger partial charge >= 0.3 is 5.69 Å². The Bertz CT molecular complexity index is 1020. The summed E-state index contributed by atoms with van der Waals surface area (Å²) in [6.45, 7) is 10.8. The highest BCUT2D eigenvalue weighted by atomic mass is 16.3. The molecule has 0 saturated carbocycles. The van der Waals surface area contributed by atoms with Gasteiger partial charge in [-0.1, -0.05) is 39.0 Å². The highest BCUT2D eigenvalue weighted by Gasteiger charge is 2.19. The molecule has 2 aromatic heterocycles. The third-order valence-electron chi connectivity index (χ3n) is 4.62. The highest BCUT2D eigenvalue weighted by molar-refractivity contribution is 5.77. The van der Waals surface area contributed by atoms with Crippen LogP contribution in [-0.4, -0.2) is 19.2 Å². The normalized spacial score (nSPS) is 13.3. The molecule has 0 aliphatic carbocycles. The summed E-state index contributed by atoms with van der Waals surface area (Å²) in [4.78, 5) is 17.4. The monoisotopic (exact) mass is 353 g/mol. The van der Waals surface area contributed by atoms with Crippen molar-refractivity contribution in [2.75, 3.05) is 0 Å². The summed E-state index contributed by atoms with van der Waals surface area (Å²) in [5, 5.41) is 9.76. The first kappa shape index (κ1) is 18.4. The van der Waals surface area contributed by atoms with Crippen LogP contribution >= 0.6 is 0 Å². The average molecular weight is 353 g/mol. The van der Waals surface area contributed by atoms with E-state index in [4.69, 9.17) is 4.98 Å². The molecule has 0 saturated heterocycles. The van der Waals surface area contributed by atoms with Gasteiger partial charge in [-0.05, 0) is 42.5 Å². The van der Waals surface area contributed by atoms with E-state index in [0.29, 0.717) is 12.2 Å². The molecule has 5 nitrogen and oxygen atoms in total. The van der Waals surface area contributed by atoms with E-state index in [0.717, 1.165) is 27.9 Å². The van der Waals surface area contributed by atoms with Crippen LogP contribution in [0.25, 0.3) is 22.4 Å². The standard InChI is InChI=1S/C21H27N3O2/c1-13-11-15(14(2)25)7-8-16(13)17-9-10-18-19(22-17)23(6)20(26)24(18)12-21(3,4)5/h7-11,14,25H,12H2,1-6H3. The largest absolute Gasteiger partial charge is 0.389 e. The van der Waals surface area contributed by atoms with Gasteiger partial charge in [-0.3, -0.25) is 9.13 Å². The van der Waals surface area contributed by atoms with Gasteiger partial charge in [-0.2, -0.15) is 0 Å². The van der Waals surface area contributed by atoms with Gasteiger partial charge in [0.05, 0.1) is 17.3 Å². The van der Waals surface area contributed by atoms with E-state index in [1.54, 1.807) is 23.1 Å². The number of aliphatic hydroxyl groups excluding tert-OH is 1. The molecule has 138 valence electrons. The first-order valence-electron chi connectivity index (χ1n) is 8.94. The SMILES string of the molecule is Cc1cc(C(C)O)ccc1-c1ccc2c(n1)n(C)c(=O)n2CC(C)(C)C. The molecule has 0 fully saturated rings. The van der Waals surface area contributed by atoms with Gasteiger partial charge in [-0.15, -0.1) is 0 Å². The lowest BCUT2D eigenvalue weighted by molar-refractivity contribution is 0.199. The van der Waals surface area contributed by atoms with E-state index in [2.05, 4.69) is 20.8 Å². The summed E-state index contributed by atoms with van der Waals surface area (Å²) in [5.41, 5.74) is 5.28. The second-order valence-corrected chi connectivity index (χ2v) is 8.28. The zero-order valence-electron chi connectivity index (χ0n) is 16.4. The quantitative estimate of drug-likeness (QED) is 0.779. The molecule has 2 heterocycles. The van der Waals surface area contributed by atoms with Crippen molar-refractivity contribution in [3.8, 4) is 11.3 Å². The second-order valence-electron chi connectivity index (χ2n) is 8.28. The van der Waals surface area contributed by atoms with E-state index in [1.807, 2.05) is 37.3 Å². The highest BCUT2D eigenvalue weighted by Crippen LogP contribution is 2.27. The molecule has 1 atom stereocenters. The van der Waals surface area contributed by atoms with Crippen LogP contribution in [0.2, 0.25) is 0 Å². The zero-order valence-corrected chi connectivity index (χ0v) is 16.4. The number of imidazole rings is 1. The molecule has 0 amide bonds. The van der Waals surface area contributed by atoms with E-state index >= 15 is 0 Å². The molecule has 26 heavy (non-hydrogen) atoms. The van der Waals surface area contributed by atoms with Crippen LogP contribution < -0.4 is 5.69 Å². The van der Waals surface area contributed by atoms with Gasteiger partial charge in [-0.25, -0.2) is 9.78 Å². The Morgan fingerprint density at radius 3 is 2.46 bits per heavy atom. The molecule has 1 aromatic carbocycles. The van der Waals surface area contributed by atoms with Crippen LogP contribution in [0.1, 0.15) is 44.9 Å². The van der Waals surface area contributed by atoms with Gasteiger partial charge in [0.2, 0.25) is 0 Å². The molecular formula is C21H27N3O2. The van der Waals surface area contributed by atoms with Gasteiger partial charge in [0, 0.05) is 19.2 Å². The van der Waals surface area contributed by atoms with Gasteiger partial charge in [0.25, 0.3) is 0 Å². The minimum Gasteiger partial charge on any atom is -0.389 e. The molecule has 1 unspecified atom stereocenters. The van der Waals surface area contributed by atoms with Crippen LogP contribution in [0.5, 0.6) is 0 Å². The minimum atomic E-state index is -0.495. The second kappa shape index (κ2) is 6.40. The first-order valence-corrected chi connectivity index (χ1v) is 8.94. The summed E-state index contributed by atoms with van der Waals surface area (Å²) >= 11 is 0. The lowest BCUT2D eigenvalue weighted by Gasteiger charge is -2.18. The molecule has 5 heteroatoms. The molecule has 3 aromatic rings. The van der Waals surface area contributed by atoms with Gasteiger partial charge < -0.3 is 5.11 Å².